The Morgan fingerprint density at radius 3 is 2.90 bits per heavy atom. The largest absolute Gasteiger partial charge is 0.341 e. The number of hydrogen-bond acceptors (Lipinski definition) is 4. The van der Waals surface area contributed by atoms with E-state index in [9.17, 15) is 4.79 Å². The minimum atomic E-state index is 0.0208. The van der Waals surface area contributed by atoms with Crippen LogP contribution in [0.1, 0.15) is 22.3 Å². The lowest BCUT2D eigenvalue weighted by Crippen LogP contribution is -2.33. The third-order valence-electron chi connectivity index (χ3n) is 3.93. The number of benzene rings is 1. The van der Waals surface area contributed by atoms with Gasteiger partial charge in [0, 0.05) is 20.1 Å². The number of nitrogens with zero attached hydrogens (tertiary/aromatic N) is 2. The lowest BCUT2D eigenvalue weighted by Gasteiger charge is -2.22. The molecule has 1 aromatic carbocycles. The predicted molar refractivity (Wildman–Crippen MR) is 81.6 cm³/mol. The molecule has 0 spiro atoms. The van der Waals surface area contributed by atoms with Gasteiger partial charge in [0.2, 0.25) is 0 Å². The van der Waals surface area contributed by atoms with Crippen molar-refractivity contribution in [2.24, 2.45) is 11.8 Å². The molecule has 1 aliphatic heterocycles. The van der Waals surface area contributed by atoms with Crippen LogP contribution in [-0.2, 0) is 0 Å². The Hall–Kier alpha value is -1.59. The number of hydrazine groups is 1. The second-order valence-corrected chi connectivity index (χ2v) is 5.80. The number of anilines is 1. The Kier molecular flexibility index (Phi) is 4.62. The number of hydrogen-bond donors (Lipinski definition) is 2. The second kappa shape index (κ2) is 6.24. The van der Waals surface area contributed by atoms with E-state index >= 15 is 0 Å². The first-order valence-electron chi connectivity index (χ1n) is 7.02. The number of carbonyl (C=O) groups excluding carboxylic acids is 1. The molecule has 1 fully saturated rings. The molecule has 20 heavy (non-hydrogen) atoms. The number of likely N-dealkylation sites (tertiary alicyclic amines) is 1. The van der Waals surface area contributed by atoms with Crippen LogP contribution in [0.25, 0.3) is 0 Å². The van der Waals surface area contributed by atoms with Crippen molar-refractivity contribution in [3.8, 4) is 0 Å². The van der Waals surface area contributed by atoms with Crippen LogP contribution in [0, 0.1) is 12.8 Å². The van der Waals surface area contributed by atoms with Gasteiger partial charge in [0.15, 0.2) is 0 Å². The topological polar surface area (TPSA) is 61.6 Å². The zero-order chi connectivity index (χ0) is 14.7. The van der Waals surface area contributed by atoms with Crippen molar-refractivity contribution >= 4 is 11.6 Å². The summed E-state index contributed by atoms with van der Waals surface area (Å²) >= 11 is 0. The average molecular weight is 276 g/mol. The minimum absolute atomic E-state index is 0.0208. The maximum atomic E-state index is 12.5. The lowest BCUT2D eigenvalue weighted by atomic mass is 10.1. The monoisotopic (exact) mass is 276 g/mol. The number of carbonyl (C=O) groups is 1. The molecule has 0 aliphatic carbocycles. The Morgan fingerprint density at radius 1 is 1.55 bits per heavy atom. The third kappa shape index (κ3) is 3.29. The first-order valence-corrected chi connectivity index (χ1v) is 7.02. The van der Waals surface area contributed by atoms with Gasteiger partial charge in [-0.3, -0.25) is 10.6 Å². The summed E-state index contributed by atoms with van der Waals surface area (Å²) in [6.45, 7) is 4.95. The number of rotatable bonds is 4. The van der Waals surface area contributed by atoms with Gasteiger partial charge in [-0.15, -0.1) is 0 Å². The molecule has 3 N–H and O–H groups in total. The van der Waals surface area contributed by atoms with Gasteiger partial charge < -0.3 is 15.2 Å². The molecular formula is C15H24N4O. The van der Waals surface area contributed by atoms with Crippen molar-refractivity contribution in [2.75, 3.05) is 39.2 Å². The highest BCUT2D eigenvalue weighted by Crippen LogP contribution is 2.20. The normalized spacial score (nSPS) is 19.1. The molecule has 0 aromatic heterocycles. The van der Waals surface area contributed by atoms with Gasteiger partial charge in [0.1, 0.15) is 0 Å². The molecule has 1 aromatic rings. The molecule has 110 valence electrons. The summed E-state index contributed by atoms with van der Waals surface area (Å²) in [6, 6.07) is 5.67. The highest BCUT2D eigenvalue weighted by atomic mass is 16.2. The summed E-state index contributed by atoms with van der Waals surface area (Å²) in [5.74, 6) is 6.10. The quantitative estimate of drug-likeness (QED) is 0.643. The van der Waals surface area contributed by atoms with Crippen LogP contribution in [0.2, 0.25) is 0 Å². The van der Waals surface area contributed by atoms with Gasteiger partial charge >= 0.3 is 0 Å². The molecule has 1 saturated heterocycles. The van der Waals surface area contributed by atoms with Crippen molar-refractivity contribution in [2.45, 2.75) is 13.3 Å². The fraction of sp³-hybridized carbons (Fsp3) is 0.533. The molecular weight excluding hydrogens is 252 g/mol. The Labute approximate surface area is 120 Å². The molecule has 1 heterocycles. The first kappa shape index (κ1) is 14.8. The Morgan fingerprint density at radius 2 is 2.30 bits per heavy atom. The van der Waals surface area contributed by atoms with Crippen LogP contribution in [0.3, 0.4) is 0 Å². The lowest BCUT2D eigenvalue weighted by molar-refractivity contribution is 0.0775. The predicted octanol–water partition coefficient (Wildman–Crippen LogP) is 1.30. The summed E-state index contributed by atoms with van der Waals surface area (Å²) in [5, 5.41) is 0. The van der Waals surface area contributed by atoms with Crippen molar-refractivity contribution in [1.82, 2.24) is 9.80 Å². The van der Waals surface area contributed by atoms with Gasteiger partial charge in [-0.1, -0.05) is 6.07 Å². The van der Waals surface area contributed by atoms with Gasteiger partial charge in [-0.05, 0) is 50.6 Å². The zero-order valence-electron chi connectivity index (χ0n) is 12.5. The summed E-state index contributed by atoms with van der Waals surface area (Å²) in [4.78, 5) is 16.6. The number of amides is 1. The van der Waals surface area contributed by atoms with Crippen LogP contribution in [0.5, 0.6) is 0 Å². The molecule has 5 nitrogen and oxygen atoms in total. The smallest absolute Gasteiger partial charge is 0.255 e. The number of nitrogen functional groups attached to an aromatic ring is 1. The van der Waals surface area contributed by atoms with Crippen LogP contribution in [-0.4, -0.2) is 49.4 Å². The highest BCUT2D eigenvalue weighted by Gasteiger charge is 2.24. The van der Waals surface area contributed by atoms with Crippen molar-refractivity contribution in [1.29, 1.82) is 0 Å². The van der Waals surface area contributed by atoms with Crippen molar-refractivity contribution < 1.29 is 4.79 Å². The van der Waals surface area contributed by atoms with Gasteiger partial charge in [-0.2, -0.15) is 0 Å². The van der Waals surface area contributed by atoms with E-state index in [1.54, 1.807) is 4.90 Å². The van der Waals surface area contributed by atoms with Crippen molar-refractivity contribution in [3.05, 3.63) is 29.3 Å². The van der Waals surface area contributed by atoms with Gasteiger partial charge in [0.25, 0.3) is 5.91 Å². The fourth-order valence-electron chi connectivity index (χ4n) is 2.82. The molecule has 0 saturated carbocycles. The summed E-state index contributed by atoms with van der Waals surface area (Å²) in [5.41, 5.74) is 5.01. The maximum Gasteiger partial charge on any atom is 0.255 e. The fourth-order valence-corrected chi connectivity index (χ4v) is 2.82. The molecule has 1 unspecified atom stereocenters. The molecule has 2 rings (SSSR count). The zero-order valence-corrected chi connectivity index (χ0v) is 12.5. The standard InChI is InChI=1S/C15H24N4O/c1-11-4-5-13(14(8-11)17-16)15(20)19(3)10-12-6-7-18(2)9-12/h4-5,8,12,17H,6-7,9-10,16H2,1-3H3. The van der Waals surface area contributed by atoms with E-state index in [1.807, 2.05) is 32.2 Å². The average Bonchev–Trinajstić information content (AvgIpc) is 2.83. The van der Waals surface area contributed by atoms with E-state index in [0.717, 1.165) is 31.6 Å². The van der Waals surface area contributed by atoms with E-state index in [1.165, 1.54) is 0 Å². The Balaban J connectivity index is 2.06. The highest BCUT2D eigenvalue weighted by molar-refractivity contribution is 5.99. The SMILES string of the molecule is Cc1ccc(C(=O)N(C)CC2CCN(C)C2)c(NN)c1. The van der Waals surface area contributed by atoms with Gasteiger partial charge in [0.05, 0.1) is 11.3 Å². The molecule has 0 radical (unpaired) electrons. The Bertz CT molecular complexity index is 489. The minimum Gasteiger partial charge on any atom is -0.341 e. The summed E-state index contributed by atoms with van der Waals surface area (Å²) in [6.07, 6.45) is 1.16. The molecule has 0 bridgehead atoms. The maximum absolute atomic E-state index is 12.5. The van der Waals surface area contributed by atoms with Gasteiger partial charge in [-0.25, -0.2) is 0 Å². The number of nitrogens with two attached hydrogens (primary N) is 1. The van der Waals surface area contributed by atoms with Crippen molar-refractivity contribution in [3.63, 3.8) is 0 Å². The van der Waals surface area contributed by atoms with Crippen LogP contribution in [0.15, 0.2) is 18.2 Å². The summed E-state index contributed by atoms with van der Waals surface area (Å²) in [7, 11) is 3.99. The van der Waals surface area contributed by atoms with Crippen LogP contribution in [0.4, 0.5) is 5.69 Å². The van der Waals surface area contributed by atoms with E-state index in [2.05, 4.69) is 17.4 Å². The molecule has 1 atom stereocenters. The molecule has 1 amide bonds. The van der Waals surface area contributed by atoms with Crippen LogP contribution >= 0.6 is 0 Å². The number of nitrogens with one attached hydrogen (secondary N) is 1. The van der Waals surface area contributed by atoms with E-state index in [4.69, 9.17) is 5.84 Å². The number of aryl methyl sites for hydroxylation is 1. The molecule has 5 heteroatoms. The summed E-state index contributed by atoms with van der Waals surface area (Å²) < 4.78 is 0. The first-order chi connectivity index (χ1) is 9.51. The second-order valence-electron chi connectivity index (χ2n) is 5.80. The molecule has 1 aliphatic rings. The van der Waals surface area contributed by atoms with Crippen LogP contribution < -0.4 is 11.3 Å². The third-order valence-corrected chi connectivity index (χ3v) is 3.93. The van der Waals surface area contributed by atoms with E-state index in [0.29, 0.717) is 17.2 Å². The van der Waals surface area contributed by atoms with E-state index in [-0.39, 0.29) is 5.91 Å². The van der Waals surface area contributed by atoms with E-state index < -0.39 is 0 Å².